The molecule has 2 saturated heterocycles. The predicted octanol–water partition coefficient (Wildman–Crippen LogP) is 3.33. The number of carbonyl (C=O) groups excluding carboxylic acids is 1. The summed E-state index contributed by atoms with van der Waals surface area (Å²) in [4.78, 5) is 22.7. The van der Waals surface area contributed by atoms with Gasteiger partial charge in [-0.3, -0.25) is 4.79 Å². The molecule has 3 heterocycles. The molecule has 0 aliphatic carbocycles. The molecule has 1 aromatic heterocycles. The average Bonchev–Trinajstić information content (AvgIpc) is 3.06. The van der Waals surface area contributed by atoms with E-state index in [-0.39, 0.29) is 35.0 Å². The maximum absolute atomic E-state index is 12.9. The number of nitrogens with two attached hydrogens (primary N) is 1. The summed E-state index contributed by atoms with van der Waals surface area (Å²) >= 11 is 0. The Kier molecular flexibility index (Phi) is 6.01. The number of alkyl halides is 3. The Morgan fingerprint density at radius 1 is 1.27 bits per heavy atom. The second-order valence-corrected chi connectivity index (χ2v) is 8.31. The number of nitrogens with zero attached hydrogens (tertiary/aromatic N) is 4. The quantitative estimate of drug-likeness (QED) is 0.679. The number of halogens is 3. The van der Waals surface area contributed by atoms with Gasteiger partial charge in [-0.2, -0.15) is 23.4 Å². The molecule has 4 rings (SSSR count). The summed E-state index contributed by atoms with van der Waals surface area (Å²) in [7, 11) is 1.70. The summed E-state index contributed by atoms with van der Waals surface area (Å²) in [5.41, 5.74) is 4.54. The fraction of sp³-hybridized carbons (Fsp3) is 0.455. The first kappa shape index (κ1) is 22.6. The van der Waals surface area contributed by atoms with Crippen molar-refractivity contribution in [3.05, 3.63) is 41.1 Å². The van der Waals surface area contributed by atoms with Crippen LogP contribution in [-0.2, 0) is 6.18 Å². The number of rotatable bonds is 6. The van der Waals surface area contributed by atoms with Crippen LogP contribution in [0.5, 0.6) is 5.75 Å². The lowest BCUT2D eigenvalue weighted by Crippen LogP contribution is -2.45. The zero-order valence-corrected chi connectivity index (χ0v) is 17.9. The lowest BCUT2D eigenvalue weighted by molar-refractivity contribution is -0.137. The van der Waals surface area contributed by atoms with Gasteiger partial charge < -0.3 is 20.7 Å². The maximum Gasteiger partial charge on any atom is 0.416 e. The highest BCUT2D eigenvalue weighted by molar-refractivity contribution is 5.91. The third-order valence-electron chi connectivity index (χ3n) is 6.19. The van der Waals surface area contributed by atoms with E-state index in [9.17, 15) is 23.2 Å². The van der Waals surface area contributed by atoms with Crippen LogP contribution in [0.3, 0.4) is 0 Å². The van der Waals surface area contributed by atoms with E-state index in [4.69, 9.17) is 10.5 Å². The van der Waals surface area contributed by atoms with E-state index >= 15 is 0 Å². The lowest BCUT2D eigenvalue weighted by atomic mass is 9.91. The number of piperidine rings is 1. The molecule has 1 aromatic carbocycles. The second kappa shape index (κ2) is 8.77. The van der Waals surface area contributed by atoms with Gasteiger partial charge in [0, 0.05) is 25.2 Å². The van der Waals surface area contributed by atoms with Crippen molar-refractivity contribution in [2.75, 3.05) is 23.9 Å². The molecule has 0 spiro atoms. The van der Waals surface area contributed by atoms with Gasteiger partial charge in [0.2, 0.25) is 5.95 Å². The number of amides is 1. The molecular formula is C22H23F3N6O2. The standard InChI is InChI=1S/C22H23F3N6O2/c1-28-19-9-17(20(27)32)29-21(30-19)31-15-3-4-16(31)7-12(6-15)11-33-18-5-2-14(22(23,24)25)8-13(18)10-26/h2,5,8-9,12,15-16H,3-4,6-7,11H2,1H3,(H2,27,32)(H,28,29,30)/t12?,15-,16+. The number of anilines is 2. The zero-order chi connectivity index (χ0) is 23.8. The van der Waals surface area contributed by atoms with Crippen molar-refractivity contribution in [1.29, 1.82) is 5.26 Å². The Morgan fingerprint density at radius 2 is 1.97 bits per heavy atom. The molecule has 2 aliphatic rings. The topological polar surface area (TPSA) is 117 Å². The molecule has 1 amide bonds. The minimum atomic E-state index is -4.52. The second-order valence-electron chi connectivity index (χ2n) is 8.31. The molecule has 2 fully saturated rings. The molecule has 3 atom stereocenters. The van der Waals surface area contributed by atoms with E-state index in [0.717, 1.165) is 37.8 Å². The minimum absolute atomic E-state index is 0.138. The van der Waals surface area contributed by atoms with Gasteiger partial charge in [-0.1, -0.05) is 0 Å². The fourth-order valence-electron chi connectivity index (χ4n) is 4.68. The highest BCUT2D eigenvalue weighted by Crippen LogP contribution is 2.41. The van der Waals surface area contributed by atoms with E-state index in [1.165, 1.54) is 12.1 Å². The van der Waals surface area contributed by atoms with Gasteiger partial charge >= 0.3 is 6.18 Å². The third kappa shape index (κ3) is 4.65. The molecule has 2 bridgehead atoms. The van der Waals surface area contributed by atoms with Crippen molar-refractivity contribution in [3.8, 4) is 11.8 Å². The average molecular weight is 460 g/mol. The number of benzene rings is 1. The highest BCUT2D eigenvalue weighted by Gasteiger charge is 2.42. The van der Waals surface area contributed by atoms with Crippen molar-refractivity contribution < 1.29 is 22.7 Å². The number of fused-ring (bicyclic) bond motifs is 2. The molecule has 2 aliphatic heterocycles. The van der Waals surface area contributed by atoms with Crippen molar-refractivity contribution in [2.45, 2.75) is 43.9 Å². The summed E-state index contributed by atoms with van der Waals surface area (Å²) < 4.78 is 44.5. The number of nitrogens with one attached hydrogen (secondary N) is 1. The van der Waals surface area contributed by atoms with Crippen LogP contribution in [-0.4, -0.2) is 41.6 Å². The number of primary amides is 1. The zero-order valence-electron chi connectivity index (χ0n) is 17.9. The Balaban J connectivity index is 1.46. The van der Waals surface area contributed by atoms with E-state index in [1.54, 1.807) is 13.1 Å². The van der Waals surface area contributed by atoms with E-state index in [0.29, 0.717) is 18.4 Å². The van der Waals surface area contributed by atoms with E-state index < -0.39 is 17.6 Å². The van der Waals surface area contributed by atoms with E-state index in [1.807, 2.05) is 0 Å². The number of hydrogen-bond acceptors (Lipinski definition) is 7. The Hall–Kier alpha value is -3.55. The van der Waals surface area contributed by atoms with Crippen LogP contribution < -0.4 is 20.7 Å². The Bertz CT molecular complexity index is 1090. The molecule has 174 valence electrons. The van der Waals surface area contributed by atoms with Gasteiger partial charge in [0.05, 0.1) is 17.7 Å². The van der Waals surface area contributed by atoms with Gasteiger partial charge in [0.25, 0.3) is 5.91 Å². The molecule has 3 N–H and O–H groups in total. The number of nitriles is 1. The lowest BCUT2D eigenvalue weighted by Gasteiger charge is -2.39. The summed E-state index contributed by atoms with van der Waals surface area (Å²) in [6.07, 6.45) is -1.10. The molecule has 11 heteroatoms. The van der Waals surface area contributed by atoms with Crippen LogP contribution in [0.25, 0.3) is 0 Å². The number of carbonyl (C=O) groups is 1. The predicted molar refractivity (Wildman–Crippen MR) is 114 cm³/mol. The molecule has 8 nitrogen and oxygen atoms in total. The van der Waals surface area contributed by atoms with Crippen LogP contribution in [0.1, 0.15) is 47.3 Å². The summed E-state index contributed by atoms with van der Waals surface area (Å²) in [5.74, 6) is 0.643. The van der Waals surface area contributed by atoms with Crippen LogP contribution in [0.4, 0.5) is 24.9 Å². The molecule has 0 radical (unpaired) electrons. The van der Waals surface area contributed by atoms with Crippen molar-refractivity contribution >= 4 is 17.7 Å². The molecule has 0 saturated carbocycles. The smallest absolute Gasteiger partial charge is 0.416 e. The first-order valence-corrected chi connectivity index (χ1v) is 10.6. The molecule has 1 unspecified atom stereocenters. The Morgan fingerprint density at radius 3 is 2.55 bits per heavy atom. The number of aromatic nitrogens is 2. The maximum atomic E-state index is 12.9. The first-order chi connectivity index (χ1) is 15.7. The van der Waals surface area contributed by atoms with Crippen LogP contribution in [0.2, 0.25) is 0 Å². The van der Waals surface area contributed by atoms with Crippen LogP contribution >= 0.6 is 0 Å². The van der Waals surface area contributed by atoms with E-state index in [2.05, 4.69) is 20.2 Å². The molecule has 33 heavy (non-hydrogen) atoms. The first-order valence-electron chi connectivity index (χ1n) is 10.6. The van der Waals surface area contributed by atoms with Crippen molar-refractivity contribution in [3.63, 3.8) is 0 Å². The summed E-state index contributed by atoms with van der Waals surface area (Å²) in [6, 6.07) is 6.52. The van der Waals surface area contributed by atoms with Gasteiger partial charge in [0.1, 0.15) is 23.3 Å². The van der Waals surface area contributed by atoms with Gasteiger partial charge in [-0.25, -0.2) is 4.98 Å². The fourth-order valence-corrected chi connectivity index (χ4v) is 4.68. The molecule has 2 aromatic rings. The van der Waals surface area contributed by atoms with Crippen LogP contribution in [0.15, 0.2) is 24.3 Å². The normalized spacial score (nSPS) is 22.0. The number of hydrogen-bond donors (Lipinski definition) is 2. The molecular weight excluding hydrogens is 437 g/mol. The van der Waals surface area contributed by atoms with Gasteiger partial charge in [0.15, 0.2) is 0 Å². The van der Waals surface area contributed by atoms with Gasteiger partial charge in [-0.05, 0) is 49.8 Å². The minimum Gasteiger partial charge on any atom is -0.492 e. The highest BCUT2D eigenvalue weighted by atomic mass is 19.4. The third-order valence-corrected chi connectivity index (χ3v) is 6.19. The number of ether oxygens (including phenoxy) is 1. The summed E-state index contributed by atoms with van der Waals surface area (Å²) in [6.45, 7) is 0.296. The summed E-state index contributed by atoms with van der Waals surface area (Å²) in [5, 5.41) is 12.2. The van der Waals surface area contributed by atoms with Crippen molar-refractivity contribution in [1.82, 2.24) is 9.97 Å². The SMILES string of the molecule is CNc1cc(C(N)=O)nc(N2[C@@H]3CC[C@H]2CC(COc2ccc(C(F)(F)F)cc2C#N)C3)n1. The van der Waals surface area contributed by atoms with Crippen molar-refractivity contribution in [2.24, 2.45) is 11.7 Å². The Labute approximate surface area is 188 Å². The van der Waals surface area contributed by atoms with Gasteiger partial charge in [-0.15, -0.1) is 0 Å². The monoisotopic (exact) mass is 460 g/mol. The van der Waals surface area contributed by atoms with Crippen LogP contribution in [0, 0.1) is 17.2 Å². The largest absolute Gasteiger partial charge is 0.492 e.